The summed E-state index contributed by atoms with van der Waals surface area (Å²) < 4.78 is 7.15. The molecular weight excluding hydrogens is 296 g/mol. The molecule has 1 nitrogen and oxygen atoms in total. The normalized spacial score (nSPS) is 19.2. The van der Waals surface area contributed by atoms with E-state index in [0.29, 0.717) is 6.10 Å². The standard InChI is InChI=1S/C14H34OSi4/c1-16(2,3)19(17(4,5)6,18(7,8)9)15-14-12-10-11-13-14/h10-11,14H,12-13H2,1-9H3. The van der Waals surface area contributed by atoms with Crippen LogP contribution in [0.5, 0.6) is 0 Å². The maximum atomic E-state index is 7.15. The molecule has 0 aliphatic heterocycles. The van der Waals surface area contributed by atoms with Crippen LogP contribution in [0.4, 0.5) is 0 Å². The van der Waals surface area contributed by atoms with Gasteiger partial charge < -0.3 is 4.43 Å². The van der Waals surface area contributed by atoms with Crippen molar-refractivity contribution in [3.63, 3.8) is 0 Å². The van der Waals surface area contributed by atoms with Gasteiger partial charge in [-0.05, 0) is 12.8 Å². The SMILES string of the molecule is C[Si](C)(C)[Si](OC1CC=CC1)([Si](C)(C)C)[Si](C)(C)C. The highest BCUT2D eigenvalue weighted by Gasteiger charge is 2.64. The van der Waals surface area contributed by atoms with E-state index in [1.54, 1.807) is 0 Å². The zero-order chi connectivity index (χ0) is 15.1. The summed E-state index contributed by atoms with van der Waals surface area (Å²) in [5, 5.41) is 0. The number of rotatable bonds is 5. The highest BCUT2D eigenvalue weighted by Crippen LogP contribution is 2.39. The van der Waals surface area contributed by atoms with Gasteiger partial charge in [-0.3, -0.25) is 0 Å². The van der Waals surface area contributed by atoms with Gasteiger partial charge in [-0.15, -0.1) is 0 Å². The summed E-state index contributed by atoms with van der Waals surface area (Å²) in [6, 6.07) is 0. The topological polar surface area (TPSA) is 9.23 Å². The Morgan fingerprint density at radius 1 is 0.684 bits per heavy atom. The Hall–Kier alpha value is 0.568. The largest absolute Gasteiger partial charge is 0.422 e. The first-order chi connectivity index (χ1) is 8.33. The van der Waals surface area contributed by atoms with E-state index in [0.717, 1.165) is 12.8 Å². The van der Waals surface area contributed by atoms with Gasteiger partial charge in [0.2, 0.25) is 0 Å². The van der Waals surface area contributed by atoms with Crippen molar-refractivity contribution in [3.05, 3.63) is 12.2 Å². The molecule has 0 saturated heterocycles. The van der Waals surface area contributed by atoms with Gasteiger partial charge in [-0.1, -0.05) is 71.1 Å². The molecule has 1 aliphatic rings. The third kappa shape index (κ3) is 3.26. The Balaban J connectivity index is 3.28. The Kier molecular flexibility index (Phi) is 5.01. The average molecular weight is 331 g/mol. The van der Waals surface area contributed by atoms with Crippen LogP contribution < -0.4 is 0 Å². The molecule has 0 saturated carbocycles. The lowest BCUT2D eigenvalue weighted by Gasteiger charge is -2.57. The van der Waals surface area contributed by atoms with Crippen LogP contribution in [0.1, 0.15) is 12.8 Å². The number of hydrogen-bond acceptors (Lipinski definition) is 1. The minimum Gasteiger partial charge on any atom is -0.422 e. The molecule has 5 heteroatoms. The van der Waals surface area contributed by atoms with Crippen LogP contribution in [0.25, 0.3) is 0 Å². The van der Waals surface area contributed by atoms with Crippen LogP contribution in [0.2, 0.25) is 58.9 Å². The minimum atomic E-state index is -1.59. The van der Waals surface area contributed by atoms with E-state index >= 15 is 0 Å². The first-order valence-electron chi connectivity index (χ1n) is 7.66. The molecule has 0 heterocycles. The van der Waals surface area contributed by atoms with Gasteiger partial charge in [0.1, 0.15) is 0 Å². The monoisotopic (exact) mass is 330 g/mol. The van der Waals surface area contributed by atoms with E-state index in [4.69, 9.17) is 4.43 Å². The van der Waals surface area contributed by atoms with Gasteiger partial charge >= 0.3 is 0 Å². The Labute approximate surface area is 124 Å². The van der Waals surface area contributed by atoms with Gasteiger partial charge in [0.25, 0.3) is 0 Å². The fourth-order valence-corrected chi connectivity index (χ4v) is 99.0. The molecule has 0 aromatic rings. The summed E-state index contributed by atoms with van der Waals surface area (Å²) in [5.41, 5.74) is 0. The summed E-state index contributed by atoms with van der Waals surface area (Å²) in [5.74, 6) is 0. The van der Waals surface area contributed by atoms with Crippen molar-refractivity contribution < 1.29 is 4.43 Å². The molecule has 0 unspecified atom stereocenters. The van der Waals surface area contributed by atoms with E-state index in [2.05, 4.69) is 71.1 Å². The van der Waals surface area contributed by atoms with Crippen LogP contribution in [0.3, 0.4) is 0 Å². The molecule has 1 aliphatic carbocycles. The van der Waals surface area contributed by atoms with Crippen LogP contribution >= 0.6 is 0 Å². The lowest BCUT2D eigenvalue weighted by Crippen LogP contribution is -2.84. The zero-order valence-corrected chi connectivity index (χ0v) is 18.6. The second-order valence-corrected chi connectivity index (χ2v) is 48.5. The lowest BCUT2D eigenvalue weighted by molar-refractivity contribution is 0.223. The molecule has 0 aromatic heterocycles. The third-order valence-corrected chi connectivity index (χ3v) is 72.1. The van der Waals surface area contributed by atoms with Crippen molar-refractivity contribution in [3.8, 4) is 0 Å². The second-order valence-electron chi connectivity index (χ2n) is 9.11. The molecule has 0 atom stereocenters. The first-order valence-corrected chi connectivity index (χ1v) is 23.1. The van der Waals surface area contributed by atoms with Crippen LogP contribution in [0.15, 0.2) is 12.2 Å². The first kappa shape index (κ1) is 17.6. The lowest BCUT2D eigenvalue weighted by atomic mass is 10.3. The smallest absolute Gasteiger partial charge is 0.158 e. The maximum Gasteiger partial charge on any atom is 0.158 e. The maximum absolute atomic E-state index is 7.15. The quantitative estimate of drug-likeness (QED) is 0.513. The van der Waals surface area contributed by atoms with Crippen molar-refractivity contribution in [2.75, 3.05) is 0 Å². The summed E-state index contributed by atoms with van der Waals surface area (Å²) in [4.78, 5) is 0. The molecule has 1 rings (SSSR count). The van der Waals surface area contributed by atoms with E-state index in [9.17, 15) is 0 Å². The molecular formula is C14H34OSi4. The molecule has 0 amide bonds. The fraction of sp³-hybridized carbons (Fsp3) is 0.857. The molecule has 0 spiro atoms. The zero-order valence-electron chi connectivity index (χ0n) is 14.6. The van der Waals surface area contributed by atoms with E-state index in [-0.39, 0.29) is 0 Å². The highest BCUT2D eigenvalue weighted by molar-refractivity contribution is 7.87. The molecule has 0 N–H and O–H groups in total. The second kappa shape index (κ2) is 5.40. The predicted octanol–water partition coefficient (Wildman–Crippen LogP) is 4.92. The number of hydrogen-bond donors (Lipinski definition) is 0. The van der Waals surface area contributed by atoms with Crippen molar-refractivity contribution in [1.82, 2.24) is 0 Å². The van der Waals surface area contributed by atoms with E-state index < -0.39 is 29.6 Å². The van der Waals surface area contributed by atoms with Crippen LogP contribution in [0, 0.1) is 0 Å². The molecule has 112 valence electrons. The predicted molar refractivity (Wildman–Crippen MR) is 99.0 cm³/mol. The van der Waals surface area contributed by atoms with Crippen molar-refractivity contribution in [1.29, 1.82) is 0 Å². The summed E-state index contributed by atoms with van der Waals surface area (Å²) in [6.07, 6.45) is 7.48. The molecule has 0 fully saturated rings. The van der Waals surface area contributed by atoms with Crippen LogP contribution in [-0.2, 0) is 4.43 Å². The summed E-state index contributed by atoms with van der Waals surface area (Å²) in [6.45, 7) is 21.8. The van der Waals surface area contributed by atoms with Crippen molar-refractivity contribution >= 4 is 29.6 Å². The summed E-state index contributed by atoms with van der Waals surface area (Å²) in [7, 11) is -3.79. The van der Waals surface area contributed by atoms with Crippen molar-refractivity contribution in [2.24, 2.45) is 0 Å². The van der Waals surface area contributed by atoms with Gasteiger partial charge in [-0.25, -0.2) is 0 Å². The van der Waals surface area contributed by atoms with Crippen LogP contribution in [-0.4, -0.2) is 35.7 Å². The average Bonchev–Trinajstić information content (AvgIpc) is 2.59. The van der Waals surface area contributed by atoms with Crippen molar-refractivity contribution in [2.45, 2.75) is 77.9 Å². The van der Waals surface area contributed by atoms with E-state index in [1.807, 2.05) is 0 Å². The minimum absolute atomic E-state index is 0.511. The fourth-order valence-electron chi connectivity index (χ4n) is 4.84. The van der Waals surface area contributed by atoms with Gasteiger partial charge in [-0.2, -0.15) is 0 Å². The Bertz CT molecular complexity index is 300. The summed E-state index contributed by atoms with van der Waals surface area (Å²) >= 11 is 0. The molecule has 19 heavy (non-hydrogen) atoms. The Morgan fingerprint density at radius 3 is 1.26 bits per heavy atom. The highest BCUT2D eigenvalue weighted by atomic mass is 29.9. The molecule has 0 bridgehead atoms. The molecule has 0 radical (unpaired) electrons. The van der Waals surface area contributed by atoms with Gasteiger partial charge in [0, 0.05) is 0 Å². The van der Waals surface area contributed by atoms with Gasteiger partial charge in [0.15, 0.2) is 6.87 Å². The Morgan fingerprint density at radius 2 is 1.00 bits per heavy atom. The van der Waals surface area contributed by atoms with Gasteiger partial charge in [0.05, 0.1) is 28.9 Å². The van der Waals surface area contributed by atoms with E-state index in [1.165, 1.54) is 0 Å². The molecule has 0 aromatic carbocycles. The third-order valence-electron chi connectivity index (χ3n) is 4.48.